The van der Waals surface area contributed by atoms with E-state index >= 15 is 0 Å². The lowest BCUT2D eigenvalue weighted by Gasteiger charge is -2.48. The Balaban J connectivity index is 1.54. The summed E-state index contributed by atoms with van der Waals surface area (Å²) in [5, 5.41) is 3.82. The van der Waals surface area contributed by atoms with Gasteiger partial charge in [-0.15, -0.1) is 0 Å². The van der Waals surface area contributed by atoms with E-state index in [0.29, 0.717) is 6.04 Å². The van der Waals surface area contributed by atoms with Gasteiger partial charge in [-0.2, -0.15) is 0 Å². The van der Waals surface area contributed by atoms with Crippen LogP contribution in [-0.4, -0.2) is 30.1 Å². The molecule has 4 rings (SSSR count). The average molecular weight is 256 g/mol. The summed E-state index contributed by atoms with van der Waals surface area (Å²) in [5.41, 5.74) is 1.50. The predicted molar refractivity (Wildman–Crippen MR) is 78.0 cm³/mol. The molecular formula is C17H24N2. The van der Waals surface area contributed by atoms with Gasteiger partial charge in [-0.3, -0.25) is 4.90 Å². The third kappa shape index (κ3) is 2.32. The van der Waals surface area contributed by atoms with Crippen LogP contribution in [0.3, 0.4) is 0 Å². The molecule has 102 valence electrons. The van der Waals surface area contributed by atoms with Crippen molar-refractivity contribution in [2.45, 2.75) is 50.2 Å². The van der Waals surface area contributed by atoms with Crippen molar-refractivity contribution in [3.8, 4) is 0 Å². The van der Waals surface area contributed by atoms with E-state index in [1.807, 2.05) is 0 Å². The molecule has 3 aliphatic rings. The molecule has 2 saturated carbocycles. The van der Waals surface area contributed by atoms with Crippen LogP contribution in [0, 0.1) is 5.92 Å². The highest BCUT2D eigenvalue weighted by Gasteiger charge is 2.40. The lowest BCUT2D eigenvalue weighted by Crippen LogP contribution is -2.57. The molecule has 19 heavy (non-hydrogen) atoms. The van der Waals surface area contributed by atoms with Gasteiger partial charge in [-0.25, -0.2) is 0 Å². The zero-order valence-corrected chi connectivity index (χ0v) is 11.6. The third-order valence-corrected chi connectivity index (χ3v) is 5.30. The third-order valence-electron chi connectivity index (χ3n) is 5.30. The molecule has 2 aliphatic carbocycles. The van der Waals surface area contributed by atoms with Crippen LogP contribution in [-0.2, 0) is 0 Å². The van der Waals surface area contributed by atoms with E-state index in [1.54, 1.807) is 0 Å². The normalized spacial score (nSPS) is 33.1. The van der Waals surface area contributed by atoms with Crippen molar-refractivity contribution in [1.29, 1.82) is 0 Å². The van der Waals surface area contributed by atoms with E-state index in [1.165, 1.54) is 44.2 Å². The Labute approximate surface area is 116 Å². The smallest absolute Gasteiger partial charge is 0.0476 e. The number of nitrogens with one attached hydrogen (secondary N) is 1. The van der Waals surface area contributed by atoms with E-state index < -0.39 is 0 Å². The SMILES string of the molecule is c1ccc(C2CNC(C3CC3)CN2C2CCC2)cc1. The van der Waals surface area contributed by atoms with E-state index in [4.69, 9.17) is 0 Å². The monoisotopic (exact) mass is 256 g/mol. The van der Waals surface area contributed by atoms with Gasteiger partial charge in [0.05, 0.1) is 0 Å². The quantitative estimate of drug-likeness (QED) is 0.894. The van der Waals surface area contributed by atoms with Crippen LogP contribution >= 0.6 is 0 Å². The molecule has 2 heteroatoms. The molecule has 1 N–H and O–H groups in total. The largest absolute Gasteiger partial charge is 0.311 e. The van der Waals surface area contributed by atoms with Gasteiger partial charge in [0.25, 0.3) is 0 Å². The molecule has 1 aliphatic heterocycles. The second kappa shape index (κ2) is 4.92. The maximum absolute atomic E-state index is 3.82. The Morgan fingerprint density at radius 2 is 1.79 bits per heavy atom. The van der Waals surface area contributed by atoms with E-state index in [-0.39, 0.29) is 0 Å². The molecule has 0 radical (unpaired) electrons. The Morgan fingerprint density at radius 3 is 2.42 bits per heavy atom. The topological polar surface area (TPSA) is 15.3 Å². The van der Waals surface area contributed by atoms with E-state index in [0.717, 1.165) is 24.5 Å². The first kappa shape index (κ1) is 11.9. The van der Waals surface area contributed by atoms with Gasteiger partial charge in [0, 0.05) is 31.2 Å². The van der Waals surface area contributed by atoms with E-state index in [2.05, 4.69) is 40.5 Å². The van der Waals surface area contributed by atoms with Crippen LogP contribution in [0.25, 0.3) is 0 Å². The molecule has 0 amide bonds. The highest BCUT2D eigenvalue weighted by Crippen LogP contribution is 2.39. The summed E-state index contributed by atoms with van der Waals surface area (Å²) in [4.78, 5) is 2.82. The minimum Gasteiger partial charge on any atom is -0.311 e. The van der Waals surface area contributed by atoms with Crippen LogP contribution in [0.15, 0.2) is 30.3 Å². The first-order valence-corrected chi connectivity index (χ1v) is 7.96. The summed E-state index contributed by atoms with van der Waals surface area (Å²) >= 11 is 0. The zero-order valence-electron chi connectivity index (χ0n) is 11.6. The number of hydrogen-bond acceptors (Lipinski definition) is 2. The summed E-state index contributed by atoms with van der Waals surface area (Å²) in [5.74, 6) is 0.972. The highest BCUT2D eigenvalue weighted by atomic mass is 15.3. The first-order valence-electron chi connectivity index (χ1n) is 7.96. The van der Waals surface area contributed by atoms with Gasteiger partial charge >= 0.3 is 0 Å². The summed E-state index contributed by atoms with van der Waals surface area (Å²) in [6, 6.07) is 13.3. The fourth-order valence-corrected chi connectivity index (χ4v) is 3.72. The molecule has 2 unspecified atom stereocenters. The van der Waals surface area contributed by atoms with Gasteiger partial charge < -0.3 is 5.32 Å². The van der Waals surface area contributed by atoms with Crippen molar-refractivity contribution in [2.75, 3.05) is 13.1 Å². The summed E-state index contributed by atoms with van der Waals surface area (Å²) < 4.78 is 0. The minimum absolute atomic E-state index is 0.599. The van der Waals surface area contributed by atoms with Crippen LogP contribution in [0.4, 0.5) is 0 Å². The average Bonchev–Trinajstić information content (AvgIpc) is 3.22. The van der Waals surface area contributed by atoms with Crippen molar-refractivity contribution in [3.63, 3.8) is 0 Å². The maximum Gasteiger partial charge on any atom is 0.0476 e. The number of nitrogens with zero attached hydrogens (tertiary/aromatic N) is 1. The molecule has 2 nitrogen and oxygen atoms in total. The van der Waals surface area contributed by atoms with Gasteiger partial charge in [0.2, 0.25) is 0 Å². The van der Waals surface area contributed by atoms with Crippen LogP contribution < -0.4 is 5.32 Å². The van der Waals surface area contributed by atoms with Crippen molar-refractivity contribution in [2.24, 2.45) is 5.92 Å². The van der Waals surface area contributed by atoms with Crippen molar-refractivity contribution in [1.82, 2.24) is 10.2 Å². The second-order valence-corrected chi connectivity index (χ2v) is 6.56. The molecule has 0 bridgehead atoms. The van der Waals surface area contributed by atoms with Gasteiger partial charge in [-0.05, 0) is 37.2 Å². The Kier molecular flexibility index (Phi) is 3.08. The van der Waals surface area contributed by atoms with Crippen LogP contribution in [0.5, 0.6) is 0 Å². The van der Waals surface area contributed by atoms with Crippen molar-refractivity contribution >= 4 is 0 Å². The Bertz CT molecular complexity index is 422. The molecule has 2 atom stereocenters. The molecule has 1 saturated heterocycles. The molecule has 1 aromatic carbocycles. The molecule has 1 heterocycles. The first-order chi connectivity index (χ1) is 9.42. The fourth-order valence-electron chi connectivity index (χ4n) is 3.72. The highest BCUT2D eigenvalue weighted by molar-refractivity contribution is 5.21. The number of benzene rings is 1. The van der Waals surface area contributed by atoms with Gasteiger partial charge in [0.1, 0.15) is 0 Å². The molecule has 0 spiro atoms. The summed E-state index contributed by atoms with van der Waals surface area (Å²) in [6.45, 7) is 2.41. The number of piperazine rings is 1. The van der Waals surface area contributed by atoms with Crippen molar-refractivity contribution in [3.05, 3.63) is 35.9 Å². The van der Waals surface area contributed by atoms with Gasteiger partial charge in [0.15, 0.2) is 0 Å². The van der Waals surface area contributed by atoms with Crippen LogP contribution in [0.1, 0.15) is 43.7 Å². The minimum atomic E-state index is 0.599. The molecule has 1 aromatic rings. The lowest BCUT2D eigenvalue weighted by atomic mass is 9.87. The molecule has 0 aromatic heterocycles. The fraction of sp³-hybridized carbons (Fsp3) is 0.647. The van der Waals surface area contributed by atoms with Crippen LogP contribution in [0.2, 0.25) is 0 Å². The summed E-state index contributed by atoms with van der Waals surface area (Å²) in [6.07, 6.45) is 7.17. The lowest BCUT2D eigenvalue weighted by molar-refractivity contribution is 0.0374. The van der Waals surface area contributed by atoms with Gasteiger partial charge in [-0.1, -0.05) is 36.8 Å². The maximum atomic E-state index is 3.82. The zero-order chi connectivity index (χ0) is 12.7. The number of rotatable bonds is 3. The summed E-state index contributed by atoms with van der Waals surface area (Å²) in [7, 11) is 0. The Hall–Kier alpha value is -0.860. The second-order valence-electron chi connectivity index (χ2n) is 6.56. The predicted octanol–water partition coefficient (Wildman–Crippen LogP) is 2.96. The standard InChI is InChI=1S/C17H24N2/c1-2-5-14(6-3-1)17-11-18-16(13-9-10-13)12-19(17)15-7-4-8-15/h1-3,5-6,13,15-18H,4,7-12H2. The van der Waals surface area contributed by atoms with E-state index in [9.17, 15) is 0 Å². The Morgan fingerprint density at radius 1 is 1.00 bits per heavy atom. The molecular weight excluding hydrogens is 232 g/mol. The van der Waals surface area contributed by atoms with Crippen molar-refractivity contribution < 1.29 is 0 Å². The molecule has 3 fully saturated rings. The number of hydrogen-bond donors (Lipinski definition) is 1.